The van der Waals surface area contributed by atoms with Gasteiger partial charge in [-0.25, -0.2) is 4.98 Å². The van der Waals surface area contributed by atoms with Crippen molar-refractivity contribution in [2.75, 3.05) is 26.2 Å². The number of furan rings is 1. The van der Waals surface area contributed by atoms with Crippen LogP contribution in [0.4, 0.5) is 0 Å². The summed E-state index contributed by atoms with van der Waals surface area (Å²) in [6, 6.07) is 9.01. The van der Waals surface area contributed by atoms with Crippen molar-refractivity contribution in [2.45, 2.75) is 6.92 Å². The second-order valence-corrected chi connectivity index (χ2v) is 6.04. The number of piperazine rings is 1. The van der Waals surface area contributed by atoms with Crippen LogP contribution in [-0.2, 0) is 0 Å². The van der Waals surface area contributed by atoms with Crippen molar-refractivity contribution in [1.29, 1.82) is 0 Å². The Bertz CT molecular complexity index is 921. The lowest BCUT2D eigenvalue weighted by Crippen LogP contribution is -2.50. The van der Waals surface area contributed by atoms with E-state index in [0.29, 0.717) is 43.3 Å². The molecule has 0 saturated carbocycles. The molecule has 1 fully saturated rings. The van der Waals surface area contributed by atoms with Gasteiger partial charge in [0.1, 0.15) is 11.3 Å². The minimum absolute atomic E-state index is 0.0544. The molecule has 128 valence electrons. The minimum Gasteiger partial charge on any atom is -0.459 e. The first-order valence-electron chi connectivity index (χ1n) is 8.21. The van der Waals surface area contributed by atoms with Gasteiger partial charge in [-0.05, 0) is 31.2 Å². The molecule has 0 spiro atoms. The van der Waals surface area contributed by atoms with Crippen LogP contribution in [0.15, 0.2) is 47.2 Å². The average molecular weight is 338 g/mol. The lowest BCUT2D eigenvalue weighted by molar-refractivity contribution is 0.0514. The molecule has 1 aliphatic heterocycles. The number of hydrogen-bond donors (Lipinski definition) is 0. The van der Waals surface area contributed by atoms with Gasteiger partial charge in [-0.1, -0.05) is 6.07 Å². The summed E-state index contributed by atoms with van der Waals surface area (Å²) in [7, 11) is 0. The lowest BCUT2D eigenvalue weighted by Gasteiger charge is -2.34. The van der Waals surface area contributed by atoms with Gasteiger partial charge in [-0.15, -0.1) is 0 Å². The van der Waals surface area contributed by atoms with Gasteiger partial charge in [0.05, 0.1) is 12.0 Å². The van der Waals surface area contributed by atoms with Crippen molar-refractivity contribution in [3.05, 3.63) is 59.9 Å². The van der Waals surface area contributed by atoms with E-state index in [0.717, 1.165) is 5.65 Å². The Balaban J connectivity index is 1.50. The fraction of sp³-hybridized carbons (Fsp3) is 0.278. The molecule has 0 atom stereocenters. The molecular formula is C18H18N4O3. The van der Waals surface area contributed by atoms with E-state index >= 15 is 0 Å². The fourth-order valence-electron chi connectivity index (χ4n) is 3.19. The van der Waals surface area contributed by atoms with Gasteiger partial charge in [0.2, 0.25) is 0 Å². The molecule has 3 aromatic heterocycles. The van der Waals surface area contributed by atoms with Gasteiger partial charge in [-0.2, -0.15) is 0 Å². The van der Waals surface area contributed by atoms with E-state index in [9.17, 15) is 9.59 Å². The molecule has 0 radical (unpaired) electrons. The van der Waals surface area contributed by atoms with E-state index in [4.69, 9.17) is 4.42 Å². The third kappa shape index (κ3) is 2.67. The van der Waals surface area contributed by atoms with Crippen molar-refractivity contribution in [3.63, 3.8) is 0 Å². The van der Waals surface area contributed by atoms with Gasteiger partial charge < -0.3 is 14.2 Å². The van der Waals surface area contributed by atoms with Crippen LogP contribution in [0.2, 0.25) is 0 Å². The standard InChI is InChI=1S/C18H18N4O3/c1-13-16(22-7-3-2-6-15(22)19-13)18(24)21-10-8-20(9-11-21)17(23)14-5-4-12-25-14/h2-7,12H,8-11H2,1H3. The quantitative estimate of drug-likeness (QED) is 0.715. The van der Waals surface area contributed by atoms with Crippen molar-refractivity contribution in [2.24, 2.45) is 0 Å². The number of fused-ring (bicyclic) bond motifs is 1. The predicted molar refractivity (Wildman–Crippen MR) is 90.4 cm³/mol. The molecule has 1 aliphatic rings. The van der Waals surface area contributed by atoms with E-state index in [1.165, 1.54) is 6.26 Å². The molecule has 25 heavy (non-hydrogen) atoms. The number of carbonyl (C=O) groups excluding carboxylic acids is 2. The highest BCUT2D eigenvalue weighted by Gasteiger charge is 2.28. The largest absolute Gasteiger partial charge is 0.459 e. The van der Waals surface area contributed by atoms with E-state index in [1.54, 1.807) is 21.9 Å². The molecule has 0 N–H and O–H groups in total. The Morgan fingerprint density at radius 1 is 1.00 bits per heavy atom. The summed E-state index contributed by atoms with van der Waals surface area (Å²) in [5, 5.41) is 0. The topological polar surface area (TPSA) is 71.1 Å². The highest BCUT2D eigenvalue weighted by atomic mass is 16.3. The molecular weight excluding hydrogens is 320 g/mol. The van der Waals surface area contributed by atoms with Gasteiger partial charge in [-0.3, -0.25) is 14.0 Å². The van der Waals surface area contributed by atoms with Crippen LogP contribution in [0, 0.1) is 6.92 Å². The maximum atomic E-state index is 12.9. The second-order valence-electron chi connectivity index (χ2n) is 6.04. The Kier molecular flexibility index (Phi) is 3.76. The van der Waals surface area contributed by atoms with Crippen LogP contribution in [0.25, 0.3) is 5.65 Å². The maximum absolute atomic E-state index is 12.9. The van der Waals surface area contributed by atoms with E-state index < -0.39 is 0 Å². The zero-order valence-corrected chi connectivity index (χ0v) is 13.9. The Labute approximate surface area is 144 Å². The van der Waals surface area contributed by atoms with E-state index in [-0.39, 0.29) is 11.8 Å². The van der Waals surface area contributed by atoms with Crippen molar-refractivity contribution < 1.29 is 14.0 Å². The summed E-state index contributed by atoms with van der Waals surface area (Å²) in [6.45, 7) is 3.80. The summed E-state index contributed by atoms with van der Waals surface area (Å²) in [5.41, 5.74) is 2.06. The Morgan fingerprint density at radius 2 is 1.72 bits per heavy atom. The summed E-state index contributed by atoms with van der Waals surface area (Å²) < 4.78 is 6.98. The molecule has 0 aliphatic carbocycles. The number of nitrogens with zero attached hydrogens (tertiary/aromatic N) is 4. The SMILES string of the molecule is Cc1nc2ccccn2c1C(=O)N1CCN(C(=O)c2ccco2)CC1. The molecule has 3 aromatic rings. The van der Waals surface area contributed by atoms with Gasteiger partial charge in [0.25, 0.3) is 11.8 Å². The average Bonchev–Trinajstić information content (AvgIpc) is 3.27. The third-order valence-electron chi connectivity index (χ3n) is 4.49. The lowest BCUT2D eigenvalue weighted by atomic mass is 10.2. The number of hydrogen-bond acceptors (Lipinski definition) is 4. The fourth-order valence-corrected chi connectivity index (χ4v) is 3.19. The highest BCUT2D eigenvalue weighted by Crippen LogP contribution is 2.16. The van der Waals surface area contributed by atoms with Crippen LogP contribution in [0.1, 0.15) is 26.7 Å². The number of aromatic nitrogens is 2. The number of imidazole rings is 1. The number of carbonyl (C=O) groups is 2. The van der Waals surface area contributed by atoms with Gasteiger partial charge >= 0.3 is 0 Å². The highest BCUT2D eigenvalue weighted by molar-refractivity contribution is 5.95. The molecule has 0 unspecified atom stereocenters. The number of rotatable bonds is 2. The van der Waals surface area contributed by atoms with Crippen molar-refractivity contribution in [3.8, 4) is 0 Å². The summed E-state index contributed by atoms with van der Waals surface area (Å²) in [4.78, 5) is 33.2. The normalized spacial score (nSPS) is 14.9. The molecule has 0 bridgehead atoms. The van der Waals surface area contributed by atoms with Crippen LogP contribution in [-0.4, -0.2) is 57.2 Å². The zero-order valence-electron chi connectivity index (χ0n) is 13.9. The Hall–Kier alpha value is -3.09. The number of pyridine rings is 1. The maximum Gasteiger partial charge on any atom is 0.289 e. The van der Waals surface area contributed by atoms with Crippen LogP contribution < -0.4 is 0 Å². The monoisotopic (exact) mass is 338 g/mol. The first-order valence-corrected chi connectivity index (χ1v) is 8.21. The summed E-state index contributed by atoms with van der Waals surface area (Å²) >= 11 is 0. The Morgan fingerprint density at radius 3 is 2.40 bits per heavy atom. The smallest absolute Gasteiger partial charge is 0.289 e. The van der Waals surface area contributed by atoms with Crippen molar-refractivity contribution in [1.82, 2.24) is 19.2 Å². The molecule has 1 saturated heterocycles. The van der Waals surface area contributed by atoms with Crippen LogP contribution in [0.3, 0.4) is 0 Å². The van der Waals surface area contributed by atoms with Crippen LogP contribution in [0.5, 0.6) is 0 Å². The number of aryl methyl sites for hydroxylation is 1. The molecule has 0 aromatic carbocycles. The van der Waals surface area contributed by atoms with Gasteiger partial charge in [0, 0.05) is 32.4 Å². The third-order valence-corrected chi connectivity index (χ3v) is 4.49. The minimum atomic E-state index is -0.136. The molecule has 7 heteroatoms. The van der Waals surface area contributed by atoms with Gasteiger partial charge in [0.15, 0.2) is 5.76 Å². The molecule has 4 rings (SSSR count). The van der Waals surface area contributed by atoms with Crippen molar-refractivity contribution >= 4 is 17.5 Å². The number of amides is 2. The van der Waals surface area contributed by atoms with E-state index in [1.807, 2.05) is 35.7 Å². The first-order chi connectivity index (χ1) is 12.1. The van der Waals surface area contributed by atoms with E-state index in [2.05, 4.69) is 4.98 Å². The molecule has 4 heterocycles. The summed E-state index contributed by atoms with van der Waals surface area (Å²) in [5.74, 6) is 0.141. The molecule has 2 amide bonds. The predicted octanol–water partition coefficient (Wildman–Crippen LogP) is 1.83. The second kappa shape index (κ2) is 6.08. The van der Waals surface area contributed by atoms with Crippen LogP contribution >= 0.6 is 0 Å². The zero-order chi connectivity index (χ0) is 17.4. The summed E-state index contributed by atoms with van der Waals surface area (Å²) in [6.07, 6.45) is 3.33. The first kappa shape index (κ1) is 15.4. The molecule has 7 nitrogen and oxygen atoms in total.